The van der Waals surface area contributed by atoms with Crippen molar-refractivity contribution < 1.29 is 39.5 Å². The lowest BCUT2D eigenvalue weighted by molar-refractivity contribution is -0.153. The minimum atomic E-state index is -2.68. The number of amides is 1. The number of likely N-dealkylation sites (N-methyl/N-ethyl adjacent to an activating group) is 1. The molecule has 0 radical (unpaired) electrons. The summed E-state index contributed by atoms with van der Waals surface area (Å²) in [5.74, 6) is -6.26. The number of nitrogens with one attached hydrogen (secondary N) is 1. The number of rotatable bonds is 8. The number of nitrogens with two attached hydrogens (primary N) is 1. The lowest BCUT2D eigenvalue weighted by Gasteiger charge is -2.50. The second-order valence-electron chi connectivity index (χ2n) is 11.7. The number of benzene rings is 2. The fourth-order valence-corrected chi connectivity index (χ4v) is 6.98. The molecule has 3 aliphatic carbocycles. The van der Waals surface area contributed by atoms with Crippen LogP contribution in [0.4, 0.5) is 0 Å². The van der Waals surface area contributed by atoms with Crippen LogP contribution in [0.25, 0.3) is 16.9 Å². The molecule has 2 aromatic rings. The summed E-state index contributed by atoms with van der Waals surface area (Å²) >= 11 is 0. The van der Waals surface area contributed by atoms with Crippen molar-refractivity contribution >= 4 is 23.2 Å². The van der Waals surface area contributed by atoms with E-state index < -0.39 is 58.0 Å². The maximum absolute atomic E-state index is 14.1. The monoisotopic (exact) mass is 591 g/mol. The van der Waals surface area contributed by atoms with E-state index in [1.54, 1.807) is 27.3 Å². The van der Waals surface area contributed by atoms with Crippen LogP contribution in [0, 0.1) is 11.8 Å². The first-order chi connectivity index (χ1) is 20.4. The highest BCUT2D eigenvalue weighted by molar-refractivity contribution is 6.24. The van der Waals surface area contributed by atoms with Gasteiger partial charge < -0.3 is 36.2 Å². The second kappa shape index (κ2) is 11.1. The summed E-state index contributed by atoms with van der Waals surface area (Å²) in [4.78, 5) is 41.1. The first-order valence-electron chi connectivity index (χ1n) is 14.3. The molecule has 0 bridgehead atoms. The Morgan fingerprint density at radius 3 is 2.49 bits per heavy atom. The van der Waals surface area contributed by atoms with Crippen LogP contribution in [0.5, 0.6) is 11.5 Å². The van der Waals surface area contributed by atoms with Gasteiger partial charge in [0.15, 0.2) is 11.4 Å². The van der Waals surface area contributed by atoms with Crippen molar-refractivity contribution in [3.8, 4) is 22.6 Å². The summed E-state index contributed by atoms with van der Waals surface area (Å²) in [5, 5.41) is 48.7. The highest BCUT2D eigenvalue weighted by Crippen LogP contribution is 2.54. The molecular weight excluding hydrogens is 554 g/mol. The van der Waals surface area contributed by atoms with Crippen molar-refractivity contribution in [3.05, 3.63) is 63.9 Å². The van der Waals surface area contributed by atoms with E-state index in [1.807, 2.05) is 18.2 Å². The number of phenolic OH excluding ortho intramolecular Hbond substituents is 1. The minimum absolute atomic E-state index is 0.0129. The van der Waals surface area contributed by atoms with Gasteiger partial charge in [-0.3, -0.25) is 19.3 Å². The Morgan fingerprint density at radius 1 is 1.14 bits per heavy atom. The van der Waals surface area contributed by atoms with Gasteiger partial charge >= 0.3 is 0 Å². The average molecular weight is 592 g/mol. The summed E-state index contributed by atoms with van der Waals surface area (Å²) in [7, 11) is 4.69. The minimum Gasteiger partial charge on any atom is -0.508 e. The smallest absolute Gasteiger partial charge is 0.255 e. The molecule has 0 heterocycles. The maximum atomic E-state index is 14.1. The highest BCUT2D eigenvalue weighted by atomic mass is 16.5. The molecule has 1 amide bonds. The zero-order valence-corrected chi connectivity index (χ0v) is 24.6. The molecule has 43 heavy (non-hydrogen) atoms. The first-order valence-corrected chi connectivity index (χ1v) is 14.3. The Kier molecular flexibility index (Phi) is 7.84. The molecule has 0 aliphatic heterocycles. The summed E-state index contributed by atoms with van der Waals surface area (Å²) in [6.45, 7) is 3.56. The van der Waals surface area contributed by atoms with E-state index in [9.17, 15) is 34.8 Å². The van der Waals surface area contributed by atoms with Gasteiger partial charge in [-0.05, 0) is 80.7 Å². The number of hydrogen-bond donors (Lipinski definition) is 6. The topological polar surface area (TPSA) is 183 Å². The lowest BCUT2D eigenvalue weighted by Crippen LogP contribution is -2.65. The number of nitrogens with zero attached hydrogens (tertiary/aromatic N) is 1. The molecule has 228 valence electrons. The maximum Gasteiger partial charge on any atom is 0.255 e. The van der Waals surface area contributed by atoms with Gasteiger partial charge in [-0.1, -0.05) is 19.1 Å². The van der Waals surface area contributed by atoms with E-state index in [4.69, 9.17) is 10.5 Å². The predicted molar refractivity (Wildman–Crippen MR) is 158 cm³/mol. The first kappa shape index (κ1) is 30.3. The number of carbonyl (C=O) groups excluding carboxylic acids is 3. The molecule has 2 aromatic carbocycles. The summed E-state index contributed by atoms with van der Waals surface area (Å²) < 4.78 is 5.67. The SMILES string of the molecule is CCCNCc1ccc(OC)c(-c2ccc(O)c3c2C[C@@H]2C[C@@H]4C(N(C)C)C(=O)C(C(N)=O)=C(O)[C@]4(O)C(=O)C2=C3O)c1. The largest absolute Gasteiger partial charge is 0.508 e. The molecule has 4 atom stereocenters. The Balaban J connectivity index is 1.69. The van der Waals surface area contributed by atoms with E-state index in [0.717, 1.165) is 24.1 Å². The normalized spacial score (nSPS) is 25.0. The fourth-order valence-electron chi connectivity index (χ4n) is 6.98. The Morgan fingerprint density at radius 2 is 1.86 bits per heavy atom. The zero-order valence-electron chi connectivity index (χ0n) is 24.6. The van der Waals surface area contributed by atoms with Crippen molar-refractivity contribution in [2.75, 3.05) is 27.7 Å². The van der Waals surface area contributed by atoms with E-state index >= 15 is 0 Å². The van der Waals surface area contributed by atoms with E-state index in [-0.39, 0.29) is 29.7 Å². The van der Waals surface area contributed by atoms with Crippen LogP contribution >= 0.6 is 0 Å². The van der Waals surface area contributed by atoms with Crippen LogP contribution in [0.15, 0.2) is 47.2 Å². The third-order valence-corrected chi connectivity index (χ3v) is 8.91. The number of ketones is 2. The number of primary amides is 1. The summed E-state index contributed by atoms with van der Waals surface area (Å²) in [6.07, 6.45) is 1.18. The van der Waals surface area contributed by atoms with Crippen molar-refractivity contribution in [1.82, 2.24) is 10.2 Å². The van der Waals surface area contributed by atoms with Crippen molar-refractivity contribution in [2.24, 2.45) is 17.6 Å². The fraction of sp³-hybridized carbons (Fsp3) is 0.406. The molecular formula is C32H37N3O8. The number of aliphatic hydroxyl groups is 3. The van der Waals surface area contributed by atoms with Crippen LogP contribution in [0.3, 0.4) is 0 Å². The Labute approximate surface area is 249 Å². The third kappa shape index (κ3) is 4.59. The zero-order chi connectivity index (χ0) is 31.4. The predicted octanol–water partition coefficient (Wildman–Crippen LogP) is 2.14. The molecule has 11 heteroatoms. The molecule has 0 aromatic heterocycles. The number of aromatic hydroxyl groups is 1. The third-order valence-electron chi connectivity index (χ3n) is 8.91. The number of hydrogen-bond acceptors (Lipinski definition) is 10. The highest BCUT2D eigenvalue weighted by Gasteiger charge is 2.64. The molecule has 11 nitrogen and oxygen atoms in total. The number of phenols is 1. The molecule has 5 rings (SSSR count). The quantitative estimate of drug-likeness (QED) is 0.196. The Hall–Kier alpha value is -4.19. The van der Waals surface area contributed by atoms with Gasteiger partial charge in [-0.15, -0.1) is 0 Å². The van der Waals surface area contributed by atoms with Gasteiger partial charge in [0, 0.05) is 23.6 Å². The van der Waals surface area contributed by atoms with Crippen LogP contribution in [0.2, 0.25) is 0 Å². The molecule has 0 saturated heterocycles. The van der Waals surface area contributed by atoms with Gasteiger partial charge in [0.05, 0.1) is 18.7 Å². The molecule has 0 spiro atoms. The summed E-state index contributed by atoms with van der Waals surface area (Å²) in [5.41, 5.74) is 4.70. The molecule has 1 unspecified atom stereocenters. The number of Topliss-reactive ketones (excluding diaryl/α,β-unsaturated/α-hetero) is 2. The van der Waals surface area contributed by atoms with Gasteiger partial charge in [-0.25, -0.2) is 0 Å². The molecule has 1 saturated carbocycles. The van der Waals surface area contributed by atoms with Crippen LogP contribution in [-0.4, -0.2) is 82.2 Å². The molecule has 3 aliphatic rings. The number of methoxy groups -OCH3 is 1. The Bertz CT molecular complexity index is 1590. The second-order valence-corrected chi connectivity index (χ2v) is 11.7. The van der Waals surface area contributed by atoms with Crippen molar-refractivity contribution in [1.29, 1.82) is 0 Å². The van der Waals surface area contributed by atoms with Crippen molar-refractivity contribution in [3.63, 3.8) is 0 Å². The lowest BCUT2D eigenvalue weighted by atomic mass is 9.57. The number of aliphatic hydroxyl groups excluding tert-OH is 2. The van der Waals surface area contributed by atoms with Gasteiger partial charge in [-0.2, -0.15) is 0 Å². The molecule has 7 N–H and O–H groups in total. The number of fused-ring (bicyclic) bond motifs is 3. The van der Waals surface area contributed by atoms with Crippen LogP contribution < -0.4 is 15.8 Å². The van der Waals surface area contributed by atoms with E-state index in [0.29, 0.717) is 23.4 Å². The van der Waals surface area contributed by atoms with Gasteiger partial charge in [0.25, 0.3) is 5.91 Å². The number of carbonyl (C=O) groups is 3. The standard InChI is InChI=1S/C32H37N3O8/c1-5-10-34-14-15-6-9-22(43-4)18(11-15)17-7-8-21(36)24-19(17)12-16-13-20-26(35(2)3)28(38)25(31(33)41)30(40)32(20,42)29(39)23(16)27(24)37/h6-9,11,16,20,26,34,36-37,40,42H,5,10,12-14H2,1-4H3,(H2,33,41)/t16-,20-,26?,32-/m1/s1. The van der Waals surface area contributed by atoms with Crippen molar-refractivity contribution in [2.45, 2.75) is 44.4 Å². The van der Waals surface area contributed by atoms with Gasteiger partial charge in [0.2, 0.25) is 5.78 Å². The molecule has 1 fully saturated rings. The van der Waals surface area contributed by atoms with Crippen LogP contribution in [0.1, 0.15) is 36.5 Å². The average Bonchev–Trinajstić information content (AvgIpc) is 2.95. The summed E-state index contributed by atoms with van der Waals surface area (Å²) in [6, 6.07) is 7.79. The van der Waals surface area contributed by atoms with E-state index in [2.05, 4.69) is 12.2 Å². The number of ether oxygens (including phenoxy) is 1. The van der Waals surface area contributed by atoms with Crippen LogP contribution in [-0.2, 0) is 27.3 Å². The van der Waals surface area contributed by atoms with Gasteiger partial charge in [0.1, 0.15) is 28.6 Å². The van der Waals surface area contributed by atoms with E-state index in [1.165, 1.54) is 11.0 Å².